The van der Waals surface area contributed by atoms with Crippen molar-refractivity contribution in [2.24, 2.45) is 0 Å². The van der Waals surface area contributed by atoms with E-state index in [1.165, 1.54) is 44.9 Å². The summed E-state index contributed by atoms with van der Waals surface area (Å²) in [6.07, 6.45) is 19.2. The van der Waals surface area contributed by atoms with Crippen LogP contribution in [0.1, 0.15) is 64.7 Å². The van der Waals surface area contributed by atoms with E-state index < -0.39 is 0 Å². The molecule has 0 spiro atoms. The van der Waals surface area contributed by atoms with Crippen molar-refractivity contribution in [2.45, 2.75) is 64.7 Å². The third-order valence-corrected chi connectivity index (χ3v) is 3.82. The number of aliphatic hydroxyl groups is 1. The second-order valence-electron chi connectivity index (χ2n) is 5.81. The molecular formula is C21H31FeO-. The Bertz CT molecular complexity index is 409. The fourth-order valence-corrected chi connectivity index (χ4v) is 2.46. The molecule has 2 rings (SSSR count). The van der Waals surface area contributed by atoms with E-state index in [0.717, 1.165) is 18.4 Å². The first-order valence-corrected chi connectivity index (χ1v) is 8.78. The van der Waals surface area contributed by atoms with Crippen LogP contribution in [0.4, 0.5) is 0 Å². The standard InChI is InChI=1S/C16H26O.C5H5.Fe/c1-2-3-4-5-6-7-8-9-14-16(17)15-12-10-11-13-15;1-2-4-5-3-1;/h10-13,17H,2-9,14H2,1H3;1-5H;/q;-1;. The summed E-state index contributed by atoms with van der Waals surface area (Å²) in [5, 5.41) is 9.80. The number of allylic oxidation sites excluding steroid dienone is 6. The van der Waals surface area contributed by atoms with Crippen LogP contribution in [0.2, 0.25) is 0 Å². The van der Waals surface area contributed by atoms with Crippen molar-refractivity contribution in [3.05, 3.63) is 66.0 Å². The molecule has 130 valence electrons. The minimum atomic E-state index is 0. The zero-order valence-corrected chi connectivity index (χ0v) is 15.5. The average Bonchev–Trinajstić information content (AvgIpc) is 3.25. The molecule has 1 aromatic carbocycles. The molecule has 1 nitrogen and oxygen atoms in total. The van der Waals surface area contributed by atoms with E-state index in [4.69, 9.17) is 0 Å². The van der Waals surface area contributed by atoms with Crippen LogP contribution in [-0.2, 0) is 17.1 Å². The third-order valence-electron chi connectivity index (χ3n) is 3.82. The monoisotopic (exact) mass is 355 g/mol. The van der Waals surface area contributed by atoms with Gasteiger partial charge in [-0.15, -0.1) is 0 Å². The van der Waals surface area contributed by atoms with Crippen molar-refractivity contribution in [3.63, 3.8) is 0 Å². The summed E-state index contributed by atoms with van der Waals surface area (Å²) in [6, 6.07) is 10.0. The minimum Gasteiger partial charge on any atom is -0.512 e. The first-order chi connectivity index (χ1) is 10.8. The van der Waals surface area contributed by atoms with Gasteiger partial charge in [0.15, 0.2) is 0 Å². The van der Waals surface area contributed by atoms with Crippen LogP contribution in [0.5, 0.6) is 0 Å². The number of unbranched alkanes of at least 4 members (excludes halogenated alkanes) is 7. The average molecular weight is 355 g/mol. The second-order valence-corrected chi connectivity index (χ2v) is 5.81. The minimum absolute atomic E-state index is 0. The molecule has 0 saturated heterocycles. The fourth-order valence-electron chi connectivity index (χ4n) is 2.46. The Morgan fingerprint density at radius 3 is 1.87 bits per heavy atom. The van der Waals surface area contributed by atoms with Crippen molar-refractivity contribution in [1.29, 1.82) is 0 Å². The maximum absolute atomic E-state index is 9.80. The molecule has 1 aliphatic rings. The van der Waals surface area contributed by atoms with Crippen LogP contribution in [0.15, 0.2) is 66.0 Å². The van der Waals surface area contributed by atoms with Gasteiger partial charge in [0.1, 0.15) is 0 Å². The zero-order chi connectivity index (χ0) is 15.9. The molecule has 0 atom stereocenters. The Kier molecular flexibility index (Phi) is 15.0. The molecule has 0 amide bonds. The molecule has 0 bridgehead atoms. The summed E-state index contributed by atoms with van der Waals surface area (Å²) in [4.78, 5) is 0. The quantitative estimate of drug-likeness (QED) is 0.222. The zero-order valence-electron chi connectivity index (χ0n) is 14.4. The third kappa shape index (κ3) is 12.0. The summed E-state index contributed by atoms with van der Waals surface area (Å²) in [5.74, 6) is 0.556. The molecule has 0 aromatic heterocycles. The Morgan fingerprint density at radius 1 is 0.870 bits per heavy atom. The number of hydrogen-bond donors (Lipinski definition) is 1. The van der Waals surface area contributed by atoms with Gasteiger partial charge in [-0.25, -0.2) is 12.1 Å². The van der Waals surface area contributed by atoms with E-state index in [1.54, 1.807) is 0 Å². The molecule has 1 aromatic rings. The Labute approximate surface area is 153 Å². The van der Waals surface area contributed by atoms with Crippen LogP contribution >= 0.6 is 0 Å². The summed E-state index contributed by atoms with van der Waals surface area (Å²) in [7, 11) is 0. The maximum atomic E-state index is 9.80. The number of aliphatic hydroxyl groups excluding tert-OH is 1. The van der Waals surface area contributed by atoms with Gasteiger partial charge < -0.3 is 5.11 Å². The second kappa shape index (κ2) is 15.8. The van der Waals surface area contributed by atoms with Gasteiger partial charge >= 0.3 is 0 Å². The molecule has 2 heteroatoms. The normalized spacial score (nSPS) is 11.8. The van der Waals surface area contributed by atoms with Crippen molar-refractivity contribution in [3.8, 4) is 0 Å². The van der Waals surface area contributed by atoms with E-state index in [0.29, 0.717) is 5.76 Å². The van der Waals surface area contributed by atoms with Gasteiger partial charge in [0.25, 0.3) is 0 Å². The summed E-state index contributed by atoms with van der Waals surface area (Å²) < 4.78 is 0. The van der Waals surface area contributed by atoms with Crippen molar-refractivity contribution in [2.75, 3.05) is 0 Å². The van der Waals surface area contributed by atoms with Crippen LogP contribution in [-0.4, -0.2) is 5.11 Å². The summed E-state index contributed by atoms with van der Waals surface area (Å²) in [5.41, 5.74) is 0.993. The molecule has 0 saturated carbocycles. The van der Waals surface area contributed by atoms with Gasteiger partial charge in [0.05, 0.1) is 5.76 Å². The Morgan fingerprint density at radius 2 is 1.39 bits per heavy atom. The molecular weight excluding hydrogens is 324 g/mol. The van der Waals surface area contributed by atoms with E-state index in [9.17, 15) is 5.11 Å². The van der Waals surface area contributed by atoms with Gasteiger partial charge in [-0.3, -0.25) is 0 Å². The molecule has 0 radical (unpaired) electrons. The van der Waals surface area contributed by atoms with E-state index in [2.05, 4.69) is 6.92 Å². The molecule has 0 fully saturated rings. The van der Waals surface area contributed by atoms with E-state index in [1.807, 2.05) is 54.6 Å². The van der Waals surface area contributed by atoms with E-state index >= 15 is 0 Å². The van der Waals surface area contributed by atoms with Gasteiger partial charge in [-0.2, -0.15) is 18.2 Å². The SMILES string of the molecule is CCCCCCCCCCC(O)=C1C=CC=C1.[Fe].c1cc[cH-]c1. The topological polar surface area (TPSA) is 20.2 Å². The molecule has 0 unspecified atom stereocenters. The molecule has 0 heterocycles. The first-order valence-electron chi connectivity index (χ1n) is 8.78. The molecule has 0 aliphatic heterocycles. The maximum Gasteiger partial charge on any atom is 0.0994 e. The number of rotatable bonds is 9. The van der Waals surface area contributed by atoms with Gasteiger partial charge in [-0.05, 0) is 6.42 Å². The Hall–Kier alpha value is -1.11. The fraction of sp³-hybridized carbons (Fsp3) is 0.476. The van der Waals surface area contributed by atoms with Crippen molar-refractivity contribution < 1.29 is 22.2 Å². The van der Waals surface area contributed by atoms with Crippen LogP contribution in [0.3, 0.4) is 0 Å². The predicted octanol–water partition coefficient (Wildman–Crippen LogP) is 6.86. The van der Waals surface area contributed by atoms with Crippen LogP contribution in [0, 0.1) is 0 Å². The van der Waals surface area contributed by atoms with Crippen LogP contribution in [0.25, 0.3) is 0 Å². The van der Waals surface area contributed by atoms with Gasteiger partial charge in [0, 0.05) is 29.1 Å². The van der Waals surface area contributed by atoms with Crippen LogP contribution < -0.4 is 0 Å². The van der Waals surface area contributed by atoms with Crippen molar-refractivity contribution >= 4 is 0 Å². The van der Waals surface area contributed by atoms with Gasteiger partial charge in [0.2, 0.25) is 0 Å². The first kappa shape index (κ1) is 21.9. The van der Waals surface area contributed by atoms with Gasteiger partial charge in [-0.1, -0.05) is 76.2 Å². The smallest absolute Gasteiger partial charge is 0.0994 e. The molecule has 1 aliphatic carbocycles. The predicted molar refractivity (Wildman–Crippen MR) is 97.2 cm³/mol. The number of hydrogen-bond acceptors (Lipinski definition) is 1. The summed E-state index contributed by atoms with van der Waals surface area (Å²) >= 11 is 0. The van der Waals surface area contributed by atoms with Crippen molar-refractivity contribution in [1.82, 2.24) is 0 Å². The summed E-state index contributed by atoms with van der Waals surface area (Å²) in [6.45, 7) is 2.25. The Balaban J connectivity index is 0.000000684. The van der Waals surface area contributed by atoms with E-state index in [-0.39, 0.29) is 17.1 Å². The largest absolute Gasteiger partial charge is 0.512 e. The molecule has 1 N–H and O–H groups in total. The molecule has 23 heavy (non-hydrogen) atoms.